The highest BCUT2D eigenvalue weighted by Gasteiger charge is 2.22. The molecule has 0 bridgehead atoms. The van der Waals surface area contributed by atoms with Crippen molar-refractivity contribution < 1.29 is 13.6 Å². The minimum absolute atomic E-state index is 0.126. The van der Waals surface area contributed by atoms with Crippen LogP contribution in [-0.4, -0.2) is 30.3 Å². The molecule has 0 amide bonds. The first-order chi connectivity index (χ1) is 9.45. The predicted molar refractivity (Wildman–Crippen MR) is 74.7 cm³/mol. The lowest BCUT2D eigenvalue weighted by Crippen LogP contribution is -2.39. The number of likely N-dealkylation sites (tertiary alicyclic amines) is 1. The Morgan fingerprint density at radius 3 is 2.45 bits per heavy atom. The standard InChI is InChI=1S/C16H21F2NO/c1-11-3-5-19(10-12(11)2)6-4-16(20)13-7-14(17)9-15(18)8-13/h7-9,11-12H,3-6,10H2,1-2H3. The fourth-order valence-corrected chi connectivity index (χ4v) is 2.67. The molecule has 4 heteroatoms. The third-order valence-corrected chi connectivity index (χ3v) is 4.26. The highest BCUT2D eigenvalue weighted by atomic mass is 19.1. The van der Waals surface area contributed by atoms with Crippen molar-refractivity contribution in [1.29, 1.82) is 0 Å². The van der Waals surface area contributed by atoms with E-state index in [1.165, 1.54) is 0 Å². The van der Waals surface area contributed by atoms with Crippen LogP contribution in [0.5, 0.6) is 0 Å². The number of hydrogen-bond acceptors (Lipinski definition) is 2. The summed E-state index contributed by atoms with van der Waals surface area (Å²) in [6, 6.07) is 2.99. The second-order valence-corrected chi connectivity index (χ2v) is 5.88. The molecular weight excluding hydrogens is 260 g/mol. The highest BCUT2D eigenvalue weighted by Crippen LogP contribution is 2.22. The van der Waals surface area contributed by atoms with Crippen LogP contribution in [0.3, 0.4) is 0 Å². The minimum atomic E-state index is -0.700. The third-order valence-electron chi connectivity index (χ3n) is 4.26. The van der Waals surface area contributed by atoms with Crippen LogP contribution >= 0.6 is 0 Å². The van der Waals surface area contributed by atoms with E-state index in [-0.39, 0.29) is 11.3 Å². The van der Waals surface area contributed by atoms with Crippen LogP contribution < -0.4 is 0 Å². The molecule has 20 heavy (non-hydrogen) atoms. The maximum atomic E-state index is 13.1. The lowest BCUT2D eigenvalue weighted by atomic mass is 9.88. The summed E-state index contributed by atoms with van der Waals surface area (Å²) in [7, 11) is 0. The number of rotatable bonds is 4. The van der Waals surface area contributed by atoms with Gasteiger partial charge in [0.15, 0.2) is 5.78 Å². The Balaban J connectivity index is 1.89. The van der Waals surface area contributed by atoms with Crippen LogP contribution in [0.25, 0.3) is 0 Å². The van der Waals surface area contributed by atoms with E-state index in [1.807, 2.05) is 0 Å². The van der Waals surface area contributed by atoms with Gasteiger partial charge in [0.2, 0.25) is 0 Å². The molecule has 2 nitrogen and oxygen atoms in total. The van der Waals surface area contributed by atoms with E-state index in [0.717, 1.165) is 43.6 Å². The lowest BCUT2D eigenvalue weighted by Gasteiger charge is -2.35. The topological polar surface area (TPSA) is 20.3 Å². The molecule has 110 valence electrons. The number of carbonyl (C=O) groups is 1. The summed E-state index contributed by atoms with van der Waals surface area (Å²) in [5.74, 6) is -0.248. The van der Waals surface area contributed by atoms with Gasteiger partial charge in [-0.1, -0.05) is 13.8 Å². The average Bonchev–Trinajstić information content (AvgIpc) is 2.38. The molecule has 0 saturated carbocycles. The lowest BCUT2D eigenvalue weighted by molar-refractivity contribution is 0.0926. The molecule has 0 N–H and O–H groups in total. The number of piperidine rings is 1. The fraction of sp³-hybridized carbons (Fsp3) is 0.562. The van der Waals surface area contributed by atoms with E-state index in [2.05, 4.69) is 18.7 Å². The van der Waals surface area contributed by atoms with Gasteiger partial charge >= 0.3 is 0 Å². The molecule has 2 atom stereocenters. The van der Waals surface area contributed by atoms with E-state index >= 15 is 0 Å². The normalized spacial score (nSPS) is 23.8. The molecule has 0 aliphatic carbocycles. The van der Waals surface area contributed by atoms with Gasteiger partial charge in [0.1, 0.15) is 11.6 Å². The van der Waals surface area contributed by atoms with Crippen LogP contribution in [0.15, 0.2) is 18.2 Å². The summed E-state index contributed by atoms with van der Waals surface area (Å²) < 4.78 is 26.1. The summed E-state index contributed by atoms with van der Waals surface area (Å²) in [5.41, 5.74) is 0.126. The van der Waals surface area contributed by atoms with E-state index in [1.54, 1.807) is 0 Å². The summed E-state index contributed by atoms with van der Waals surface area (Å²) in [6.07, 6.45) is 1.45. The Kier molecular flexibility index (Phi) is 4.86. The van der Waals surface area contributed by atoms with Crippen LogP contribution in [0, 0.1) is 23.5 Å². The number of nitrogens with zero attached hydrogens (tertiary/aromatic N) is 1. The van der Waals surface area contributed by atoms with Crippen molar-refractivity contribution in [3.8, 4) is 0 Å². The van der Waals surface area contributed by atoms with Crippen molar-refractivity contribution >= 4 is 5.78 Å². The Labute approximate surface area is 118 Å². The molecular formula is C16H21F2NO. The van der Waals surface area contributed by atoms with Gasteiger partial charge in [0.05, 0.1) is 0 Å². The van der Waals surface area contributed by atoms with Gasteiger partial charge in [0, 0.05) is 31.1 Å². The van der Waals surface area contributed by atoms with Crippen molar-refractivity contribution in [2.45, 2.75) is 26.7 Å². The average molecular weight is 281 g/mol. The maximum Gasteiger partial charge on any atom is 0.164 e. The van der Waals surface area contributed by atoms with E-state index in [4.69, 9.17) is 0 Å². The number of carbonyl (C=O) groups excluding carboxylic acids is 1. The Morgan fingerprint density at radius 1 is 1.20 bits per heavy atom. The molecule has 0 aromatic heterocycles. The van der Waals surface area contributed by atoms with Gasteiger partial charge in [0.25, 0.3) is 0 Å². The van der Waals surface area contributed by atoms with E-state index in [0.29, 0.717) is 18.9 Å². The highest BCUT2D eigenvalue weighted by molar-refractivity contribution is 5.96. The molecule has 1 aliphatic heterocycles. The third kappa shape index (κ3) is 3.85. The largest absolute Gasteiger partial charge is 0.303 e. The van der Waals surface area contributed by atoms with Crippen molar-refractivity contribution in [3.05, 3.63) is 35.4 Å². The molecule has 0 radical (unpaired) electrons. The second-order valence-electron chi connectivity index (χ2n) is 5.88. The van der Waals surface area contributed by atoms with E-state index in [9.17, 15) is 13.6 Å². The molecule has 1 aromatic carbocycles. The zero-order valence-electron chi connectivity index (χ0n) is 12.0. The first kappa shape index (κ1) is 15.1. The molecule has 1 saturated heterocycles. The Bertz CT molecular complexity index is 469. The molecule has 1 aromatic rings. The quantitative estimate of drug-likeness (QED) is 0.787. The monoisotopic (exact) mass is 281 g/mol. The Morgan fingerprint density at radius 2 is 1.85 bits per heavy atom. The van der Waals surface area contributed by atoms with Crippen LogP contribution in [0.2, 0.25) is 0 Å². The van der Waals surface area contributed by atoms with Gasteiger partial charge in [-0.2, -0.15) is 0 Å². The predicted octanol–water partition coefficient (Wildman–Crippen LogP) is 3.52. The maximum absolute atomic E-state index is 13.1. The fourth-order valence-electron chi connectivity index (χ4n) is 2.67. The number of ketones is 1. The first-order valence-corrected chi connectivity index (χ1v) is 7.17. The van der Waals surface area contributed by atoms with Gasteiger partial charge in [-0.15, -0.1) is 0 Å². The molecule has 2 rings (SSSR count). The smallest absolute Gasteiger partial charge is 0.164 e. The van der Waals surface area contributed by atoms with Crippen molar-refractivity contribution in [2.24, 2.45) is 11.8 Å². The van der Waals surface area contributed by atoms with Crippen LogP contribution in [0.4, 0.5) is 8.78 Å². The Hall–Kier alpha value is -1.29. The molecule has 0 spiro atoms. The van der Waals surface area contributed by atoms with Crippen molar-refractivity contribution in [1.82, 2.24) is 4.90 Å². The molecule has 1 heterocycles. The van der Waals surface area contributed by atoms with Crippen molar-refractivity contribution in [3.63, 3.8) is 0 Å². The number of benzene rings is 1. The van der Waals surface area contributed by atoms with Crippen LogP contribution in [0.1, 0.15) is 37.0 Å². The summed E-state index contributed by atoms with van der Waals surface area (Å²) in [4.78, 5) is 14.2. The minimum Gasteiger partial charge on any atom is -0.303 e. The van der Waals surface area contributed by atoms with Gasteiger partial charge in [-0.25, -0.2) is 8.78 Å². The number of Topliss-reactive ketones (excluding diaryl/α,β-unsaturated/α-hetero) is 1. The summed E-state index contributed by atoms with van der Waals surface area (Å²) in [6.45, 7) is 7.12. The molecule has 2 unspecified atom stereocenters. The molecule has 1 aliphatic rings. The zero-order valence-corrected chi connectivity index (χ0v) is 12.0. The zero-order chi connectivity index (χ0) is 14.7. The molecule has 1 fully saturated rings. The van der Waals surface area contributed by atoms with Gasteiger partial charge in [-0.05, 0) is 36.9 Å². The number of hydrogen-bond donors (Lipinski definition) is 0. The van der Waals surface area contributed by atoms with Crippen LogP contribution in [-0.2, 0) is 0 Å². The van der Waals surface area contributed by atoms with Gasteiger partial charge < -0.3 is 4.90 Å². The second kappa shape index (κ2) is 6.44. The summed E-state index contributed by atoms with van der Waals surface area (Å²) >= 11 is 0. The van der Waals surface area contributed by atoms with Crippen molar-refractivity contribution in [2.75, 3.05) is 19.6 Å². The summed E-state index contributed by atoms with van der Waals surface area (Å²) in [5, 5.41) is 0. The number of halogens is 2. The first-order valence-electron chi connectivity index (χ1n) is 7.17. The SMILES string of the molecule is CC1CCN(CCC(=O)c2cc(F)cc(F)c2)CC1C. The van der Waals surface area contributed by atoms with Gasteiger partial charge in [-0.3, -0.25) is 4.79 Å². The van der Waals surface area contributed by atoms with E-state index < -0.39 is 11.6 Å².